The predicted octanol–water partition coefficient (Wildman–Crippen LogP) is 2.56. The van der Waals surface area contributed by atoms with E-state index < -0.39 is 15.6 Å². The molecule has 2 aromatic carbocycles. The molecule has 0 atom stereocenters. The molecular weight excluding hydrogens is 454 g/mol. The summed E-state index contributed by atoms with van der Waals surface area (Å²) in [6, 6.07) is 14.4. The quantitative estimate of drug-likeness (QED) is 0.627. The highest BCUT2D eigenvalue weighted by Crippen LogP contribution is 2.37. The van der Waals surface area contributed by atoms with Crippen LogP contribution < -0.4 is 4.72 Å². The third kappa shape index (κ3) is 5.59. The Morgan fingerprint density at radius 1 is 0.971 bits per heavy atom. The maximum atomic E-state index is 12.9. The molecule has 0 radical (unpaired) electrons. The minimum Gasteiger partial charge on any atom is -0.380 e. The summed E-state index contributed by atoms with van der Waals surface area (Å²) in [5.74, 6) is -0.243. The van der Waals surface area contributed by atoms with E-state index in [1.807, 2.05) is 32.0 Å². The van der Waals surface area contributed by atoms with Crippen molar-refractivity contribution in [1.82, 2.24) is 9.80 Å². The Balaban J connectivity index is 1.39. The maximum Gasteiger partial charge on any atom is 0.254 e. The van der Waals surface area contributed by atoms with Gasteiger partial charge in [0.05, 0.1) is 5.75 Å². The normalized spacial score (nSPS) is 17.5. The predicted molar refractivity (Wildman–Crippen MR) is 131 cm³/mol. The second-order valence-corrected chi connectivity index (χ2v) is 11.3. The Bertz CT molecular complexity index is 1170. The van der Waals surface area contributed by atoms with E-state index in [0.717, 1.165) is 11.1 Å². The van der Waals surface area contributed by atoms with Gasteiger partial charge in [-0.3, -0.25) is 14.3 Å². The Labute approximate surface area is 200 Å². The summed E-state index contributed by atoms with van der Waals surface area (Å²) in [7, 11) is -3.42. The van der Waals surface area contributed by atoms with E-state index >= 15 is 0 Å². The molecule has 9 heteroatoms. The summed E-state index contributed by atoms with van der Waals surface area (Å²) in [4.78, 5) is 28.6. The maximum absolute atomic E-state index is 12.9. The minimum atomic E-state index is -3.42. The van der Waals surface area contributed by atoms with Gasteiger partial charge >= 0.3 is 0 Å². The van der Waals surface area contributed by atoms with Gasteiger partial charge in [-0.05, 0) is 54.2 Å². The van der Waals surface area contributed by atoms with Gasteiger partial charge in [0.2, 0.25) is 10.0 Å². The van der Waals surface area contributed by atoms with Crippen molar-refractivity contribution >= 4 is 27.5 Å². The smallest absolute Gasteiger partial charge is 0.254 e. The molecule has 2 aromatic rings. The number of rotatable bonds is 7. The number of piperazine rings is 1. The highest BCUT2D eigenvalue weighted by Gasteiger charge is 2.50. The zero-order chi connectivity index (χ0) is 24.5. The Morgan fingerprint density at radius 2 is 1.59 bits per heavy atom. The van der Waals surface area contributed by atoms with E-state index in [4.69, 9.17) is 0 Å². The molecule has 8 nitrogen and oxygen atoms in total. The van der Waals surface area contributed by atoms with Gasteiger partial charge in [-0.2, -0.15) is 0 Å². The molecule has 2 amide bonds. The summed E-state index contributed by atoms with van der Waals surface area (Å²) in [6.45, 7) is 5.42. The van der Waals surface area contributed by atoms with Gasteiger partial charge < -0.3 is 14.9 Å². The third-order valence-corrected chi connectivity index (χ3v) is 7.78. The third-order valence-electron chi connectivity index (χ3n) is 6.13. The summed E-state index contributed by atoms with van der Waals surface area (Å²) in [6.07, 6.45) is 1.04. The topological polar surface area (TPSA) is 107 Å². The zero-order valence-electron chi connectivity index (χ0n) is 19.5. The van der Waals surface area contributed by atoms with Crippen molar-refractivity contribution in [3.8, 4) is 11.1 Å². The van der Waals surface area contributed by atoms with Gasteiger partial charge in [-0.1, -0.05) is 38.1 Å². The second kappa shape index (κ2) is 9.38. The van der Waals surface area contributed by atoms with Crippen molar-refractivity contribution in [2.24, 2.45) is 5.92 Å². The van der Waals surface area contributed by atoms with Crippen molar-refractivity contribution < 1.29 is 23.1 Å². The molecule has 0 aromatic heterocycles. The first-order valence-electron chi connectivity index (χ1n) is 11.6. The first-order chi connectivity index (χ1) is 16.1. The fourth-order valence-corrected chi connectivity index (χ4v) is 5.60. The summed E-state index contributed by atoms with van der Waals surface area (Å²) in [5.41, 5.74) is 1.59. The molecule has 2 N–H and O–H groups in total. The number of nitrogens with one attached hydrogen (secondary N) is 1. The summed E-state index contributed by atoms with van der Waals surface area (Å²) in [5, 5.41) is 10.0. The molecular formula is C25H31N3O5S. The van der Waals surface area contributed by atoms with Crippen LogP contribution in [0.25, 0.3) is 11.1 Å². The molecule has 0 unspecified atom stereocenters. The molecule has 0 bridgehead atoms. The first-order valence-corrected chi connectivity index (χ1v) is 13.2. The average molecular weight is 486 g/mol. The van der Waals surface area contributed by atoms with Crippen molar-refractivity contribution in [2.75, 3.05) is 36.7 Å². The van der Waals surface area contributed by atoms with Crippen LogP contribution in [0.3, 0.4) is 0 Å². The SMILES string of the molecule is CC(C)CS(=O)(=O)Nc1cccc(-c2ccc(C(=O)N3CCN(C(=O)C4(O)CC4)CC3)cc2)c1. The van der Waals surface area contributed by atoms with Crippen molar-refractivity contribution in [1.29, 1.82) is 0 Å². The molecule has 0 spiro atoms. The van der Waals surface area contributed by atoms with Crippen LogP contribution in [-0.4, -0.2) is 72.7 Å². The largest absolute Gasteiger partial charge is 0.380 e. The van der Waals surface area contributed by atoms with Crippen LogP contribution in [0.1, 0.15) is 37.0 Å². The van der Waals surface area contributed by atoms with Crippen molar-refractivity contribution in [3.63, 3.8) is 0 Å². The lowest BCUT2D eigenvalue weighted by Crippen LogP contribution is -2.53. The lowest BCUT2D eigenvalue weighted by Gasteiger charge is -2.35. The van der Waals surface area contributed by atoms with Crippen LogP contribution in [-0.2, 0) is 14.8 Å². The number of carbonyl (C=O) groups is 2. The van der Waals surface area contributed by atoms with Gasteiger partial charge in [0.1, 0.15) is 5.60 Å². The van der Waals surface area contributed by atoms with E-state index in [1.54, 1.807) is 40.1 Å². The standard InChI is InChI=1S/C25H31N3O5S/c1-18(2)17-34(32,33)26-22-5-3-4-21(16-22)19-6-8-20(9-7-19)23(29)27-12-14-28(15-13-27)24(30)25(31)10-11-25/h3-9,16,18,26,31H,10-15,17H2,1-2H3. The molecule has 34 heavy (non-hydrogen) atoms. The lowest BCUT2D eigenvalue weighted by atomic mass is 10.0. The summed E-state index contributed by atoms with van der Waals surface area (Å²) >= 11 is 0. The van der Waals surface area contributed by atoms with Gasteiger partial charge in [-0.25, -0.2) is 8.42 Å². The highest BCUT2D eigenvalue weighted by molar-refractivity contribution is 7.92. The number of amides is 2. The van der Waals surface area contributed by atoms with Gasteiger partial charge in [-0.15, -0.1) is 0 Å². The molecule has 182 valence electrons. The van der Waals surface area contributed by atoms with E-state index in [9.17, 15) is 23.1 Å². The lowest BCUT2D eigenvalue weighted by molar-refractivity contribution is -0.143. The van der Waals surface area contributed by atoms with Crippen LogP contribution in [0.4, 0.5) is 5.69 Å². The van der Waals surface area contributed by atoms with Crippen LogP contribution in [0.2, 0.25) is 0 Å². The van der Waals surface area contributed by atoms with E-state index in [0.29, 0.717) is 50.3 Å². The zero-order valence-corrected chi connectivity index (χ0v) is 20.3. The van der Waals surface area contributed by atoms with Crippen LogP contribution >= 0.6 is 0 Å². The Morgan fingerprint density at radius 3 is 2.18 bits per heavy atom. The van der Waals surface area contributed by atoms with E-state index in [-0.39, 0.29) is 23.5 Å². The van der Waals surface area contributed by atoms with Crippen LogP contribution in [0, 0.1) is 5.92 Å². The molecule has 1 aliphatic heterocycles. The number of nitrogens with zero attached hydrogens (tertiary/aromatic N) is 2. The number of anilines is 1. The number of hydrogen-bond donors (Lipinski definition) is 2. The Hall–Kier alpha value is -2.91. The highest BCUT2D eigenvalue weighted by atomic mass is 32.2. The van der Waals surface area contributed by atoms with Crippen LogP contribution in [0.5, 0.6) is 0 Å². The van der Waals surface area contributed by atoms with Gasteiger partial charge in [0.15, 0.2) is 0 Å². The van der Waals surface area contributed by atoms with Crippen LogP contribution in [0.15, 0.2) is 48.5 Å². The monoisotopic (exact) mass is 485 g/mol. The Kier molecular flexibility index (Phi) is 6.69. The van der Waals surface area contributed by atoms with Crippen molar-refractivity contribution in [3.05, 3.63) is 54.1 Å². The molecule has 1 heterocycles. The van der Waals surface area contributed by atoms with Gasteiger partial charge in [0, 0.05) is 37.4 Å². The molecule has 2 aliphatic rings. The molecule has 4 rings (SSSR count). The van der Waals surface area contributed by atoms with Gasteiger partial charge in [0.25, 0.3) is 11.8 Å². The second-order valence-electron chi connectivity index (χ2n) is 9.55. The fourth-order valence-electron chi connectivity index (χ4n) is 4.15. The number of benzene rings is 2. The average Bonchev–Trinajstić information content (AvgIpc) is 3.56. The van der Waals surface area contributed by atoms with Crippen molar-refractivity contribution in [2.45, 2.75) is 32.3 Å². The molecule has 2 fully saturated rings. The fraction of sp³-hybridized carbons (Fsp3) is 0.440. The first kappa shape index (κ1) is 24.2. The number of hydrogen-bond acceptors (Lipinski definition) is 5. The molecule has 1 saturated carbocycles. The summed E-state index contributed by atoms with van der Waals surface area (Å²) < 4.78 is 27.1. The number of carbonyl (C=O) groups excluding carboxylic acids is 2. The number of aliphatic hydroxyl groups is 1. The van der Waals surface area contributed by atoms with E-state index in [1.165, 1.54) is 0 Å². The number of sulfonamides is 1. The molecule has 1 aliphatic carbocycles. The van der Waals surface area contributed by atoms with E-state index in [2.05, 4.69) is 4.72 Å². The minimum absolute atomic E-state index is 0.0266. The molecule has 1 saturated heterocycles.